The smallest absolute Gasteiger partial charge is 0.222 e. The van der Waals surface area contributed by atoms with Gasteiger partial charge >= 0.3 is 0 Å². The summed E-state index contributed by atoms with van der Waals surface area (Å²) in [5, 5.41) is 0. The Hall–Kier alpha value is -2.30. The number of pyridine rings is 1. The molecule has 2 aliphatic heterocycles. The van der Waals surface area contributed by atoms with E-state index in [0.717, 1.165) is 31.9 Å². The van der Waals surface area contributed by atoms with Crippen LogP contribution in [0.1, 0.15) is 46.2 Å². The van der Waals surface area contributed by atoms with Crippen LogP contribution in [0.15, 0.2) is 36.7 Å². The molecule has 1 unspecified atom stereocenters. The molecule has 2 aromatic rings. The third-order valence-corrected chi connectivity index (χ3v) is 5.76. The Labute approximate surface area is 162 Å². The normalized spacial score (nSPS) is 21.3. The Bertz CT molecular complexity index is 840. The van der Waals surface area contributed by atoms with E-state index in [0.29, 0.717) is 18.3 Å². The standard InChI is InChI=1S/C22H30N4O/c1-16(2)13-20(27)24-12-9-22(15-24)19-8-6-11-25(19)21-18(7-5-10-23-21)26(22)14-17(3)4/h5-8,10-11,16-17H,9,12-15H2,1-4H3. The van der Waals surface area contributed by atoms with Crippen molar-refractivity contribution >= 4 is 11.6 Å². The average Bonchev–Trinajstić information content (AvgIpc) is 3.26. The minimum atomic E-state index is -0.170. The fraction of sp³-hybridized carbons (Fsp3) is 0.545. The van der Waals surface area contributed by atoms with Gasteiger partial charge in [-0.3, -0.25) is 4.79 Å². The summed E-state index contributed by atoms with van der Waals surface area (Å²) in [5.41, 5.74) is 2.26. The summed E-state index contributed by atoms with van der Waals surface area (Å²) in [6.45, 7) is 11.3. The maximum Gasteiger partial charge on any atom is 0.222 e. The average molecular weight is 367 g/mol. The van der Waals surface area contributed by atoms with Gasteiger partial charge in [-0.25, -0.2) is 4.98 Å². The van der Waals surface area contributed by atoms with E-state index < -0.39 is 0 Å². The lowest BCUT2D eigenvalue weighted by Crippen LogP contribution is -2.54. The summed E-state index contributed by atoms with van der Waals surface area (Å²) < 4.78 is 2.22. The highest BCUT2D eigenvalue weighted by Crippen LogP contribution is 2.47. The fourth-order valence-electron chi connectivity index (χ4n) is 4.65. The van der Waals surface area contributed by atoms with Crippen LogP contribution in [0.4, 0.5) is 5.69 Å². The molecule has 2 aliphatic rings. The highest BCUT2D eigenvalue weighted by Gasteiger charge is 2.50. The summed E-state index contributed by atoms with van der Waals surface area (Å²) >= 11 is 0. The molecule has 1 amide bonds. The van der Waals surface area contributed by atoms with Gasteiger partial charge in [0.2, 0.25) is 5.91 Å². The van der Waals surface area contributed by atoms with Crippen LogP contribution in [-0.2, 0) is 10.3 Å². The van der Waals surface area contributed by atoms with Crippen molar-refractivity contribution in [1.29, 1.82) is 0 Å². The summed E-state index contributed by atoms with van der Waals surface area (Å²) in [7, 11) is 0. The minimum Gasteiger partial charge on any atom is -0.355 e. The zero-order chi connectivity index (χ0) is 19.2. The first-order valence-corrected chi connectivity index (χ1v) is 10.1. The van der Waals surface area contributed by atoms with Crippen LogP contribution in [0.3, 0.4) is 0 Å². The summed E-state index contributed by atoms with van der Waals surface area (Å²) in [5.74, 6) is 2.19. The van der Waals surface area contributed by atoms with Gasteiger partial charge in [-0.2, -0.15) is 0 Å². The number of amides is 1. The van der Waals surface area contributed by atoms with Crippen molar-refractivity contribution in [3.05, 3.63) is 42.4 Å². The number of likely N-dealkylation sites (tertiary alicyclic amines) is 1. The van der Waals surface area contributed by atoms with Crippen molar-refractivity contribution in [2.24, 2.45) is 11.8 Å². The summed E-state index contributed by atoms with van der Waals surface area (Å²) in [4.78, 5) is 22.1. The number of anilines is 1. The molecule has 0 aromatic carbocycles. The van der Waals surface area contributed by atoms with Crippen LogP contribution >= 0.6 is 0 Å². The molecule has 1 saturated heterocycles. The third-order valence-electron chi connectivity index (χ3n) is 5.76. The Morgan fingerprint density at radius 3 is 2.74 bits per heavy atom. The molecule has 0 N–H and O–H groups in total. The number of hydrogen-bond acceptors (Lipinski definition) is 3. The zero-order valence-electron chi connectivity index (χ0n) is 16.9. The molecule has 0 radical (unpaired) electrons. The van der Waals surface area contributed by atoms with Gasteiger partial charge in [0.25, 0.3) is 0 Å². The van der Waals surface area contributed by atoms with Crippen molar-refractivity contribution in [3.63, 3.8) is 0 Å². The topological polar surface area (TPSA) is 41.4 Å². The van der Waals surface area contributed by atoms with Gasteiger partial charge in [0, 0.05) is 38.4 Å². The number of hydrogen-bond donors (Lipinski definition) is 0. The quantitative estimate of drug-likeness (QED) is 0.826. The molecule has 4 heterocycles. The van der Waals surface area contributed by atoms with Gasteiger partial charge in [0.05, 0.1) is 11.4 Å². The molecule has 5 heteroatoms. The van der Waals surface area contributed by atoms with Gasteiger partial charge in [-0.05, 0) is 42.5 Å². The molecular formula is C22H30N4O. The predicted molar refractivity (Wildman–Crippen MR) is 108 cm³/mol. The van der Waals surface area contributed by atoms with E-state index in [1.165, 1.54) is 11.4 Å². The molecule has 144 valence electrons. The molecule has 5 nitrogen and oxygen atoms in total. The number of aromatic nitrogens is 2. The van der Waals surface area contributed by atoms with Crippen LogP contribution in [0.5, 0.6) is 0 Å². The van der Waals surface area contributed by atoms with E-state index in [1.807, 2.05) is 12.3 Å². The number of rotatable bonds is 4. The first-order valence-electron chi connectivity index (χ1n) is 10.1. The molecule has 0 saturated carbocycles. The monoisotopic (exact) mass is 366 g/mol. The lowest BCUT2D eigenvalue weighted by Gasteiger charge is -2.47. The van der Waals surface area contributed by atoms with Gasteiger partial charge in [-0.15, -0.1) is 0 Å². The van der Waals surface area contributed by atoms with Gasteiger partial charge in [0.1, 0.15) is 5.54 Å². The molecular weight excluding hydrogens is 336 g/mol. The third kappa shape index (κ3) is 2.93. The first kappa shape index (κ1) is 18.1. The summed E-state index contributed by atoms with van der Waals surface area (Å²) in [6.07, 6.45) is 5.55. The molecule has 4 rings (SSSR count). The van der Waals surface area contributed by atoms with Crippen molar-refractivity contribution in [2.45, 2.75) is 46.1 Å². The summed E-state index contributed by atoms with van der Waals surface area (Å²) in [6, 6.07) is 8.51. The number of nitrogens with zero attached hydrogens (tertiary/aromatic N) is 4. The molecule has 1 fully saturated rings. The van der Waals surface area contributed by atoms with Gasteiger partial charge < -0.3 is 14.4 Å². The van der Waals surface area contributed by atoms with E-state index in [1.54, 1.807) is 0 Å². The van der Waals surface area contributed by atoms with E-state index in [2.05, 4.69) is 71.4 Å². The van der Waals surface area contributed by atoms with E-state index in [4.69, 9.17) is 0 Å². The van der Waals surface area contributed by atoms with Crippen LogP contribution < -0.4 is 4.90 Å². The van der Waals surface area contributed by atoms with Crippen LogP contribution in [-0.4, -0.2) is 40.0 Å². The van der Waals surface area contributed by atoms with Crippen LogP contribution in [0.2, 0.25) is 0 Å². The first-order chi connectivity index (χ1) is 12.9. The second-order valence-corrected chi connectivity index (χ2v) is 8.81. The SMILES string of the molecule is CC(C)CC(=O)N1CCC2(C1)c1cccn1-c1ncccc1N2CC(C)C. The molecule has 27 heavy (non-hydrogen) atoms. The molecule has 2 aromatic heterocycles. The fourth-order valence-corrected chi connectivity index (χ4v) is 4.65. The second kappa shape index (κ2) is 6.70. The molecule has 1 spiro atoms. The van der Waals surface area contributed by atoms with E-state index in [-0.39, 0.29) is 11.4 Å². The van der Waals surface area contributed by atoms with Gasteiger partial charge in [-0.1, -0.05) is 27.7 Å². The van der Waals surface area contributed by atoms with Crippen LogP contribution in [0, 0.1) is 11.8 Å². The highest BCUT2D eigenvalue weighted by molar-refractivity contribution is 5.77. The van der Waals surface area contributed by atoms with E-state index >= 15 is 0 Å². The number of carbonyl (C=O) groups is 1. The second-order valence-electron chi connectivity index (χ2n) is 8.81. The highest BCUT2D eigenvalue weighted by atomic mass is 16.2. The lowest BCUT2D eigenvalue weighted by molar-refractivity contribution is -0.131. The van der Waals surface area contributed by atoms with Crippen LogP contribution in [0.25, 0.3) is 5.82 Å². The lowest BCUT2D eigenvalue weighted by atomic mass is 9.88. The maximum absolute atomic E-state index is 12.8. The number of carbonyl (C=O) groups excluding carboxylic acids is 1. The van der Waals surface area contributed by atoms with Crippen molar-refractivity contribution in [2.75, 3.05) is 24.5 Å². The predicted octanol–water partition coefficient (Wildman–Crippen LogP) is 3.82. The maximum atomic E-state index is 12.8. The van der Waals surface area contributed by atoms with Crippen molar-refractivity contribution < 1.29 is 4.79 Å². The van der Waals surface area contributed by atoms with Gasteiger partial charge in [0.15, 0.2) is 5.82 Å². The van der Waals surface area contributed by atoms with Crippen molar-refractivity contribution in [1.82, 2.24) is 14.5 Å². The molecule has 0 aliphatic carbocycles. The Morgan fingerprint density at radius 2 is 2.00 bits per heavy atom. The Kier molecular flexibility index (Phi) is 4.49. The van der Waals surface area contributed by atoms with Crippen molar-refractivity contribution in [3.8, 4) is 5.82 Å². The van der Waals surface area contributed by atoms with E-state index in [9.17, 15) is 4.79 Å². The Morgan fingerprint density at radius 1 is 1.19 bits per heavy atom. The number of fused-ring (bicyclic) bond motifs is 4. The molecule has 0 bridgehead atoms. The molecule has 1 atom stereocenters. The Balaban J connectivity index is 1.78. The minimum absolute atomic E-state index is 0.170. The largest absolute Gasteiger partial charge is 0.355 e. The zero-order valence-corrected chi connectivity index (χ0v) is 16.9.